The lowest BCUT2D eigenvalue weighted by molar-refractivity contribution is -0.192. The standard InChI is InChI=1S/C19H24N2O2S.C2HF3O2/c20-9-14-2-1-3-17(8-14)22-12-15-13-23-19-11-21(10-18(15)19)16-4-6-24-7-5-16;3-2(4,5)1(6)7/h1-3,8,15-16,18-19H,4-7,10-13H2;(H,6,7)/t15-,18+,19+;/m0./s1. The van der Waals surface area contributed by atoms with E-state index in [1.54, 1.807) is 6.07 Å². The van der Waals surface area contributed by atoms with E-state index in [9.17, 15) is 13.2 Å². The van der Waals surface area contributed by atoms with Crippen LogP contribution >= 0.6 is 11.8 Å². The summed E-state index contributed by atoms with van der Waals surface area (Å²) in [6, 6.07) is 10.3. The van der Waals surface area contributed by atoms with Crippen LogP contribution in [0.5, 0.6) is 5.75 Å². The largest absolute Gasteiger partial charge is 0.493 e. The first-order valence-electron chi connectivity index (χ1n) is 10.1. The molecule has 0 saturated carbocycles. The molecule has 3 fully saturated rings. The molecule has 0 aromatic heterocycles. The average molecular weight is 459 g/mol. The second-order valence-corrected chi connectivity index (χ2v) is 9.07. The fourth-order valence-electron chi connectivity index (χ4n) is 4.21. The van der Waals surface area contributed by atoms with E-state index in [1.807, 2.05) is 18.2 Å². The number of nitrogens with zero attached hydrogens (tertiary/aromatic N) is 2. The lowest BCUT2D eigenvalue weighted by atomic mass is 9.94. The lowest BCUT2D eigenvalue weighted by Gasteiger charge is -2.31. The van der Waals surface area contributed by atoms with E-state index >= 15 is 0 Å². The molecule has 0 aliphatic carbocycles. The van der Waals surface area contributed by atoms with E-state index in [1.165, 1.54) is 24.3 Å². The number of thioether (sulfide) groups is 1. The molecule has 170 valence electrons. The van der Waals surface area contributed by atoms with Crippen LogP contribution in [0.15, 0.2) is 24.3 Å². The van der Waals surface area contributed by atoms with Crippen LogP contribution in [-0.2, 0) is 9.53 Å². The summed E-state index contributed by atoms with van der Waals surface area (Å²) in [5, 5.41) is 16.1. The Morgan fingerprint density at radius 1 is 1.32 bits per heavy atom. The Bertz CT molecular complexity index is 796. The quantitative estimate of drug-likeness (QED) is 0.740. The molecule has 0 unspecified atom stereocenters. The van der Waals surface area contributed by atoms with Gasteiger partial charge in [0.25, 0.3) is 0 Å². The van der Waals surface area contributed by atoms with Crippen LogP contribution in [0.2, 0.25) is 0 Å². The number of benzene rings is 1. The number of nitriles is 1. The molecular formula is C21H25F3N2O4S. The number of carboxylic acid groups (broad SMARTS) is 1. The molecule has 3 heterocycles. The maximum atomic E-state index is 10.6. The number of likely N-dealkylation sites (tertiary alicyclic amines) is 1. The highest BCUT2D eigenvalue weighted by atomic mass is 32.2. The number of alkyl halides is 3. The molecule has 1 aromatic carbocycles. The molecule has 0 radical (unpaired) electrons. The minimum atomic E-state index is -5.08. The van der Waals surface area contributed by atoms with Crippen molar-refractivity contribution < 1.29 is 32.5 Å². The molecule has 10 heteroatoms. The van der Waals surface area contributed by atoms with Gasteiger partial charge in [0.15, 0.2) is 0 Å². The maximum absolute atomic E-state index is 10.6. The van der Waals surface area contributed by atoms with Crippen molar-refractivity contribution in [3.63, 3.8) is 0 Å². The summed E-state index contributed by atoms with van der Waals surface area (Å²) in [5.41, 5.74) is 0.648. The molecule has 0 bridgehead atoms. The summed E-state index contributed by atoms with van der Waals surface area (Å²) < 4.78 is 43.8. The third-order valence-corrected chi connectivity index (χ3v) is 6.89. The first-order valence-corrected chi connectivity index (χ1v) is 11.3. The molecule has 6 nitrogen and oxygen atoms in total. The Labute approximate surface area is 183 Å². The van der Waals surface area contributed by atoms with Gasteiger partial charge in [0.2, 0.25) is 0 Å². The third kappa shape index (κ3) is 6.51. The molecule has 3 atom stereocenters. The van der Waals surface area contributed by atoms with E-state index in [-0.39, 0.29) is 0 Å². The van der Waals surface area contributed by atoms with Crippen LogP contribution in [0.3, 0.4) is 0 Å². The number of aliphatic carboxylic acids is 1. The Balaban J connectivity index is 0.000000339. The lowest BCUT2D eigenvalue weighted by Crippen LogP contribution is -2.38. The highest BCUT2D eigenvalue weighted by Gasteiger charge is 2.45. The van der Waals surface area contributed by atoms with Crippen molar-refractivity contribution in [3.05, 3.63) is 29.8 Å². The number of ether oxygens (including phenoxy) is 2. The van der Waals surface area contributed by atoms with E-state index in [0.717, 1.165) is 31.5 Å². The van der Waals surface area contributed by atoms with Gasteiger partial charge in [-0.1, -0.05) is 6.07 Å². The smallest absolute Gasteiger partial charge is 0.490 e. The van der Waals surface area contributed by atoms with Crippen LogP contribution in [0, 0.1) is 23.2 Å². The van der Waals surface area contributed by atoms with Gasteiger partial charge in [0, 0.05) is 31.0 Å². The van der Waals surface area contributed by atoms with Gasteiger partial charge in [0.05, 0.1) is 31.0 Å². The predicted molar refractivity (Wildman–Crippen MR) is 109 cm³/mol. The normalized spacial score (nSPS) is 26.5. The van der Waals surface area contributed by atoms with Crippen LogP contribution in [0.1, 0.15) is 18.4 Å². The van der Waals surface area contributed by atoms with Crippen LogP contribution < -0.4 is 4.74 Å². The zero-order valence-corrected chi connectivity index (χ0v) is 17.7. The summed E-state index contributed by atoms with van der Waals surface area (Å²) in [6.45, 7) is 3.75. The van der Waals surface area contributed by atoms with Crippen LogP contribution in [0.4, 0.5) is 13.2 Å². The Morgan fingerprint density at radius 2 is 2.03 bits per heavy atom. The molecular weight excluding hydrogens is 433 g/mol. The summed E-state index contributed by atoms with van der Waals surface area (Å²) in [7, 11) is 0. The predicted octanol–water partition coefficient (Wildman–Crippen LogP) is 3.41. The van der Waals surface area contributed by atoms with Gasteiger partial charge in [-0.2, -0.15) is 30.2 Å². The molecule has 3 aliphatic heterocycles. The van der Waals surface area contributed by atoms with Gasteiger partial charge in [-0.3, -0.25) is 4.90 Å². The van der Waals surface area contributed by atoms with Crippen molar-refractivity contribution in [2.75, 3.05) is 37.8 Å². The first-order chi connectivity index (χ1) is 14.8. The second-order valence-electron chi connectivity index (χ2n) is 7.85. The maximum Gasteiger partial charge on any atom is 0.490 e. The highest BCUT2D eigenvalue weighted by Crippen LogP contribution is 2.37. The minimum Gasteiger partial charge on any atom is -0.493 e. The highest BCUT2D eigenvalue weighted by molar-refractivity contribution is 7.99. The molecule has 3 saturated heterocycles. The number of hydrogen-bond donors (Lipinski definition) is 1. The monoisotopic (exact) mass is 458 g/mol. The molecule has 3 aliphatic rings. The number of hydrogen-bond acceptors (Lipinski definition) is 6. The number of carboxylic acids is 1. The zero-order valence-electron chi connectivity index (χ0n) is 16.9. The van der Waals surface area contributed by atoms with Crippen molar-refractivity contribution >= 4 is 17.7 Å². The van der Waals surface area contributed by atoms with E-state index in [0.29, 0.717) is 30.1 Å². The number of carbonyl (C=O) groups is 1. The SMILES string of the molecule is N#Cc1cccc(OC[C@H]2CO[C@@H]3CN(C4CCSCC4)C[C@H]23)c1.O=C(O)C(F)(F)F. The Kier molecular flexibility index (Phi) is 8.08. The van der Waals surface area contributed by atoms with Gasteiger partial charge < -0.3 is 14.6 Å². The first kappa shape index (κ1) is 23.7. The third-order valence-electron chi connectivity index (χ3n) is 5.84. The molecule has 0 spiro atoms. The summed E-state index contributed by atoms with van der Waals surface area (Å²) in [4.78, 5) is 11.6. The number of rotatable bonds is 4. The van der Waals surface area contributed by atoms with Gasteiger partial charge in [-0.25, -0.2) is 4.79 Å². The molecule has 31 heavy (non-hydrogen) atoms. The second kappa shape index (κ2) is 10.6. The van der Waals surface area contributed by atoms with Gasteiger partial charge in [-0.05, 0) is 42.5 Å². The van der Waals surface area contributed by atoms with Crippen molar-refractivity contribution in [2.24, 2.45) is 11.8 Å². The van der Waals surface area contributed by atoms with Crippen molar-refractivity contribution in [1.82, 2.24) is 4.90 Å². The fourth-order valence-corrected chi connectivity index (χ4v) is 5.29. The fraction of sp³-hybridized carbons (Fsp3) is 0.619. The minimum absolute atomic E-state index is 0.388. The van der Waals surface area contributed by atoms with Crippen LogP contribution in [-0.4, -0.2) is 72.1 Å². The summed E-state index contributed by atoms with van der Waals surface area (Å²) in [5.74, 6) is 1.70. The zero-order chi connectivity index (χ0) is 22.4. The topological polar surface area (TPSA) is 82.8 Å². The van der Waals surface area contributed by atoms with Gasteiger partial charge in [-0.15, -0.1) is 0 Å². The molecule has 4 rings (SSSR count). The van der Waals surface area contributed by atoms with E-state index < -0.39 is 12.1 Å². The van der Waals surface area contributed by atoms with Crippen molar-refractivity contribution in [3.8, 4) is 11.8 Å². The van der Waals surface area contributed by atoms with E-state index in [2.05, 4.69) is 22.7 Å². The molecule has 1 N–H and O–H groups in total. The summed E-state index contributed by atoms with van der Waals surface area (Å²) in [6.07, 6.45) is -2.04. The summed E-state index contributed by atoms with van der Waals surface area (Å²) >= 11 is 2.09. The Morgan fingerprint density at radius 3 is 2.68 bits per heavy atom. The van der Waals surface area contributed by atoms with E-state index in [4.69, 9.17) is 24.6 Å². The molecule has 1 aromatic rings. The number of halogens is 3. The van der Waals surface area contributed by atoms with Gasteiger partial charge in [0.1, 0.15) is 5.75 Å². The van der Waals surface area contributed by atoms with Crippen molar-refractivity contribution in [1.29, 1.82) is 5.26 Å². The molecule has 0 amide bonds. The average Bonchev–Trinajstić information content (AvgIpc) is 3.34. The van der Waals surface area contributed by atoms with Gasteiger partial charge >= 0.3 is 12.1 Å². The van der Waals surface area contributed by atoms with Crippen LogP contribution in [0.25, 0.3) is 0 Å². The Hall–Kier alpha value is -1.96. The number of fused-ring (bicyclic) bond motifs is 1. The van der Waals surface area contributed by atoms with Crippen molar-refractivity contribution in [2.45, 2.75) is 31.2 Å².